The van der Waals surface area contributed by atoms with Crippen LogP contribution in [0.2, 0.25) is 0 Å². The van der Waals surface area contributed by atoms with Gasteiger partial charge in [0.15, 0.2) is 5.96 Å². The quantitative estimate of drug-likeness (QED) is 0.401. The van der Waals surface area contributed by atoms with Crippen LogP contribution in [0.5, 0.6) is 5.75 Å². The molecule has 0 radical (unpaired) electrons. The number of halogens is 1. The van der Waals surface area contributed by atoms with E-state index in [0.29, 0.717) is 5.96 Å². The summed E-state index contributed by atoms with van der Waals surface area (Å²) >= 11 is 0. The van der Waals surface area contributed by atoms with Gasteiger partial charge in [-0.25, -0.2) is 4.99 Å². The number of aliphatic imine (C=N–C) groups is 1. The molecule has 0 aromatic heterocycles. The summed E-state index contributed by atoms with van der Waals surface area (Å²) in [5.74, 6) is 1.22. The molecule has 25 heavy (non-hydrogen) atoms. The molecule has 1 aromatic carbocycles. The molecule has 1 saturated heterocycles. The van der Waals surface area contributed by atoms with Gasteiger partial charge in [-0.2, -0.15) is 0 Å². The smallest absolute Gasteiger partial charge is 0.193 e. The van der Waals surface area contributed by atoms with Gasteiger partial charge >= 0.3 is 0 Å². The molecule has 1 aliphatic carbocycles. The van der Waals surface area contributed by atoms with Crippen molar-refractivity contribution in [2.24, 2.45) is 16.1 Å². The van der Waals surface area contributed by atoms with Gasteiger partial charge in [0, 0.05) is 37.0 Å². The van der Waals surface area contributed by atoms with Crippen molar-refractivity contribution >= 4 is 35.6 Å². The van der Waals surface area contributed by atoms with E-state index in [0.717, 1.165) is 50.5 Å². The molecule has 3 N–H and O–H groups in total. The number of benzene rings is 1. The molecule has 1 spiro atoms. The van der Waals surface area contributed by atoms with Gasteiger partial charge in [0.05, 0.1) is 19.3 Å². The van der Waals surface area contributed by atoms with Gasteiger partial charge in [0.25, 0.3) is 0 Å². The van der Waals surface area contributed by atoms with Gasteiger partial charge in [-0.1, -0.05) is 6.07 Å². The Kier molecular flexibility index (Phi) is 7.33. The molecule has 3 rings (SSSR count). The highest BCUT2D eigenvalue weighted by molar-refractivity contribution is 14.0. The second-order valence-corrected chi connectivity index (χ2v) is 6.41. The minimum absolute atomic E-state index is 0. The molecule has 1 saturated carbocycles. The molecule has 2 aliphatic rings. The Morgan fingerprint density at radius 2 is 2.16 bits per heavy atom. The lowest BCUT2D eigenvalue weighted by molar-refractivity contribution is -0.163. The van der Waals surface area contributed by atoms with Crippen molar-refractivity contribution in [2.75, 3.05) is 32.2 Å². The standard InChI is InChI=1S/C18H27N3O3.HI/c1-3-24-16-12-15(18(16)7-9-23-10-8-18)21-17(19)20-13-5-4-6-14(11-13)22-2;/h4-6,11,15-16H,3,7-10,12H2,1-2H3,(H3,19,20,21);1H. The van der Waals surface area contributed by atoms with Crippen LogP contribution in [-0.2, 0) is 9.47 Å². The van der Waals surface area contributed by atoms with E-state index in [2.05, 4.69) is 5.32 Å². The zero-order chi connectivity index (χ0) is 17.0. The fraction of sp³-hybridized carbons (Fsp3) is 0.611. The van der Waals surface area contributed by atoms with Crippen molar-refractivity contribution in [2.45, 2.75) is 38.3 Å². The third kappa shape index (κ3) is 4.38. The van der Waals surface area contributed by atoms with Crippen molar-refractivity contribution in [3.05, 3.63) is 24.3 Å². The maximum Gasteiger partial charge on any atom is 0.193 e. The topological polar surface area (TPSA) is 78.1 Å². The molecular formula is C18H28IN3O3. The summed E-state index contributed by atoms with van der Waals surface area (Å²) in [7, 11) is 1.65. The molecule has 1 heterocycles. The maximum atomic E-state index is 6.14. The van der Waals surface area contributed by atoms with Crippen LogP contribution < -0.4 is 15.8 Å². The third-order valence-electron chi connectivity index (χ3n) is 5.17. The van der Waals surface area contributed by atoms with Crippen LogP contribution in [0, 0.1) is 5.41 Å². The van der Waals surface area contributed by atoms with Crippen molar-refractivity contribution in [1.29, 1.82) is 0 Å². The monoisotopic (exact) mass is 461 g/mol. The number of rotatable bonds is 5. The molecule has 1 aliphatic heterocycles. The molecule has 2 unspecified atom stereocenters. The number of nitrogens with zero attached hydrogens (tertiary/aromatic N) is 1. The Morgan fingerprint density at radius 1 is 1.40 bits per heavy atom. The van der Waals surface area contributed by atoms with Gasteiger partial charge in [0.2, 0.25) is 0 Å². The first-order chi connectivity index (χ1) is 11.7. The zero-order valence-electron chi connectivity index (χ0n) is 14.9. The highest BCUT2D eigenvalue weighted by Crippen LogP contribution is 2.52. The van der Waals surface area contributed by atoms with Crippen molar-refractivity contribution < 1.29 is 14.2 Å². The second kappa shape index (κ2) is 9.05. The molecule has 1 aromatic rings. The number of guanidine groups is 1. The van der Waals surface area contributed by atoms with Crippen molar-refractivity contribution in [3.63, 3.8) is 0 Å². The molecule has 140 valence electrons. The van der Waals surface area contributed by atoms with Gasteiger partial charge in [-0.05, 0) is 38.3 Å². The van der Waals surface area contributed by atoms with E-state index in [1.807, 2.05) is 31.2 Å². The third-order valence-corrected chi connectivity index (χ3v) is 5.17. The van der Waals surface area contributed by atoms with Gasteiger partial charge in [-0.15, -0.1) is 24.0 Å². The highest BCUT2D eigenvalue weighted by Gasteiger charge is 2.56. The minimum Gasteiger partial charge on any atom is -0.497 e. The number of hydrogen-bond acceptors (Lipinski definition) is 4. The summed E-state index contributed by atoms with van der Waals surface area (Å²) in [6, 6.07) is 7.85. The Balaban J connectivity index is 0.00000225. The van der Waals surface area contributed by atoms with Crippen LogP contribution in [0.1, 0.15) is 26.2 Å². The van der Waals surface area contributed by atoms with E-state index < -0.39 is 0 Å². The van der Waals surface area contributed by atoms with Crippen LogP contribution in [0.15, 0.2) is 29.3 Å². The first kappa shape index (κ1) is 20.3. The lowest BCUT2D eigenvalue weighted by atomic mass is 9.58. The SMILES string of the molecule is CCOC1CC(N=C(N)Nc2cccc(OC)c2)C12CCOCC2.I. The minimum atomic E-state index is 0. The molecule has 2 atom stereocenters. The Bertz CT molecular complexity index is 591. The fourth-order valence-corrected chi connectivity index (χ4v) is 3.80. The average molecular weight is 461 g/mol. The number of methoxy groups -OCH3 is 1. The van der Waals surface area contributed by atoms with E-state index in [9.17, 15) is 0 Å². The summed E-state index contributed by atoms with van der Waals surface area (Å²) in [6.45, 7) is 4.33. The number of nitrogens with one attached hydrogen (secondary N) is 1. The summed E-state index contributed by atoms with van der Waals surface area (Å²) in [6.07, 6.45) is 3.16. The fourth-order valence-electron chi connectivity index (χ4n) is 3.80. The molecule has 0 amide bonds. The van der Waals surface area contributed by atoms with Crippen LogP contribution in [0.3, 0.4) is 0 Å². The van der Waals surface area contributed by atoms with E-state index >= 15 is 0 Å². The van der Waals surface area contributed by atoms with Crippen LogP contribution in [-0.4, -0.2) is 45.0 Å². The van der Waals surface area contributed by atoms with Gasteiger partial charge < -0.3 is 25.3 Å². The number of ether oxygens (including phenoxy) is 3. The van der Waals surface area contributed by atoms with Gasteiger partial charge in [-0.3, -0.25) is 0 Å². The van der Waals surface area contributed by atoms with Crippen molar-refractivity contribution in [1.82, 2.24) is 0 Å². The Labute approximate surface area is 166 Å². The summed E-state index contributed by atoms with van der Waals surface area (Å²) < 4.78 is 16.7. The maximum absolute atomic E-state index is 6.14. The summed E-state index contributed by atoms with van der Waals surface area (Å²) in [5.41, 5.74) is 7.09. The largest absolute Gasteiger partial charge is 0.497 e. The number of anilines is 1. The lowest BCUT2D eigenvalue weighted by Crippen LogP contribution is -2.60. The van der Waals surface area contributed by atoms with E-state index in [4.69, 9.17) is 24.9 Å². The number of nitrogens with two attached hydrogens (primary N) is 1. The zero-order valence-corrected chi connectivity index (χ0v) is 17.2. The molecule has 2 fully saturated rings. The second-order valence-electron chi connectivity index (χ2n) is 6.41. The Hall–Kier alpha value is -1.06. The van der Waals surface area contributed by atoms with Crippen LogP contribution >= 0.6 is 24.0 Å². The predicted molar refractivity (Wildman–Crippen MR) is 110 cm³/mol. The van der Waals surface area contributed by atoms with Crippen molar-refractivity contribution in [3.8, 4) is 5.75 Å². The van der Waals surface area contributed by atoms with Crippen LogP contribution in [0.4, 0.5) is 5.69 Å². The molecule has 0 bridgehead atoms. The first-order valence-corrected chi connectivity index (χ1v) is 8.61. The van der Waals surface area contributed by atoms with E-state index in [1.165, 1.54) is 0 Å². The predicted octanol–water partition coefficient (Wildman–Crippen LogP) is 3.01. The normalized spacial score (nSPS) is 25.0. The van der Waals surface area contributed by atoms with E-state index in [1.54, 1.807) is 7.11 Å². The number of hydrogen-bond donors (Lipinski definition) is 2. The highest BCUT2D eigenvalue weighted by atomic mass is 127. The molecular weight excluding hydrogens is 433 g/mol. The summed E-state index contributed by atoms with van der Waals surface area (Å²) in [5, 5.41) is 3.16. The molecule has 7 heteroatoms. The summed E-state index contributed by atoms with van der Waals surface area (Å²) in [4.78, 5) is 4.75. The Morgan fingerprint density at radius 3 is 2.84 bits per heavy atom. The van der Waals surface area contributed by atoms with Crippen LogP contribution in [0.25, 0.3) is 0 Å². The molecule has 6 nitrogen and oxygen atoms in total. The lowest BCUT2D eigenvalue weighted by Gasteiger charge is -2.55. The average Bonchev–Trinajstić information content (AvgIpc) is 2.61. The first-order valence-electron chi connectivity index (χ1n) is 8.61. The van der Waals surface area contributed by atoms with Gasteiger partial charge in [0.1, 0.15) is 5.75 Å². The van der Waals surface area contributed by atoms with E-state index in [-0.39, 0.29) is 41.5 Å².